The molecule has 1 heterocycles. The van der Waals surface area contributed by atoms with E-state index in [9.17, 15) is 0 Å². The molecular formula is C22H34O3. The van der Waals surface area contributed by atoms with Crippen molar-refractivity contribution in [1.82, 2.24) is 0 Å². The number of allylic oxidation sites excluding steroid dienone is 1. The number of hydrogen-bond donors (Lipinski definition) is 0. The molecule has 0 radical (unpaired) electrons. The van der Waals surface area contributed by atoms with Crippen LogP contribution in [0.1, 0.15) is 65.9 Å². The van der Waals surface area contributed by atoms with Crippen LogP contribution < -0.4 is 9.47 Å². The summed E-state index contributed by atoms with van der Waals surface area (Å²) in [6.45, 7) is 11.4. The minimum Gasteiger partial charge on any atom is -0.489 e. The Hall–Kier alpha value is -1.48. The second kappa shape index (κ2) is 8.27. The maximum Gasteiger partial charge on any atom is 0.127 e. The van der Waals surface area contributed by atoms with E-state index in [0.717, 1.165) is 43.6 Å². The van der Waals surface area contributed by atoms with Crippen LogP contribution in [0, 0.1) is 0 Å². The van der Waals surface area contributed by atoms with E-state index in [1.54, 1.807) is 0 Å². The van der Waals surface area contributed by atoms with Crippen molar-refractivity contribution in [3.63, 3.8) is 0 Å². The van der Waals surface area contributed by atoms with E-state index in [4.69, 9.17) is 14.2 Å². The quantitative estimate of drug-likeness (QED) is 0.536. The molecule has 0 aliphatic carbocycles. The van der Waals surface area contributed by atoms with Crippen molar-refractivity contribution >= 4 is 0 Å². The highest BCUT2D eigenvalue weighted by Crippen LogP contribution is 2.37. The molecule has 1 atom stereocenters. The summed E-state index contributed by atoms with van der Waals surface area (Å²) >= 11 is 0. The first-order chi connectivity index (χ1) is 11.8. The van der Waals surface area contributed by atoms with Crippen LogP contribution in [0.5, 0.6) is 11.5 Å². The highest BCUT2D eigenvalue weighted by Gasteiger charge is 2.30. The van der Waals surface area contributed by atoms with Crippen molar-refractivity contribution in [2.45, 2.75) is 77.9 Å². The topological polar surface area (TPSA) is 27.7 Å². The average molecular weight is 347 g/mol. The molecular weight excluding hydrogens is 312 g/mol. The van der Waals surface area contributed by atoms with Crippen LogP contribution in [0.2, 0.25) is 0 Å². The van der Waals surface area contributed by atoms with Crippen molar-refractivity contribution in [2.24, 2.45) is 0 Å². The molecule has 1 aliphatic rings. The van der Waals surface area contributed by atoms with Gasteiger partial charge in [-0.1, -0.05) is 18.6 Å². The van der Waals surface area contributed by atoms with Gasteiger partial charge in [-0.15, -0.1) is 0 Å². The van der Waals surface area contributed by atoms with Gasteiger partial charge in [-0.3, -0.25) is 0 Å². The molecule has 0 bridgehead atoms. The van der Waals surface area contributed by atoms with Crippen LogP contribution >= 0.6 is 0 Å². The highest BCUT2D eigenvalue weighted by molar-refractivity contribution is 5.44. The van der Waals surface area contributed by atoms with Crippen molar-refractivity contribution < 1.29 is 14.2 Å². The van der Waals surface area contributed by atoms with Crippen LogP contribution in [0.15, 0.2) is 29.8 Å². The summed E-state index contributed by atoms with van der Waals surface area (Å²) in [7, 11) is 1.81. The number of rotatable bonds is 9. The van der Waals surface area contributed by atoms with Gasteiger partial charge in [0.15, 0.2) is 0 Å². The van der Waals surface area contributed by atoms with Gasteiger partial charge < -0.3 is 14.2 Å². The average Bonchev–Trinajstić information content (AvgIpc) is 2.87. The lowest BCUT2D eigenvalue weighted by Gasteiger charge is -2.26. The minimum atomic E-state index is -0.105. The van der Waals surface area contributed by atoms with Gasteiger partial charge in [-0.25, -0.2) is 0 Å². The molecule has 1 aromatic carbocycles. The van der Waals surface area contributed by atoms with E-state index in [-0.39, 0.29) is 11.2 Å². The SMILES string of the molecule is CCC(C)(CCC/C(C)=C/COc1ccc2c(c1)OC(C)(C)C2)OC. The lowest BCUT2D eigenvalue weighted by molar-refractivity contribution is -0.00563. The normalized spacial score (nSPS) is 18.4. The summed E-state index contributed by atoms with van der Waals surface area (Å²) in [5.41, 5.74) is 2.54. The molecule has 140 valence electrons. The molecule has 0 amide bonds. The van der Waals surface area contributed by atoms with Gasteiger partial charge >= 0.3 is 0 Å². The van der Waals surface area contributed by atoms with Crippen LogP contribution in [0.25, 0.3) is 0 Å². The lowest BCUT2D eigenvalue weighted by atomic mass is 9.94. The van der Waals surface area contributed by atoms with E-state index < -0.39 is 0 Å². The van der Waals surface area contributed by atoms with Gasteiger partial charge in [0.2, 0.25) is 0 Å². The molecule has 0 fully saturated rings. The zero-order valence-electron chi connectivity index (χ0n) is 16.8. The van der Waals surface area contributed by atoms with Crippen molar-refractivity contribution in [3.8, 4) is 11.5 Å². The number of benzene rings is 1. The number of fused-ring (bicyclic) bond motifs is 1. The van der Waals surface area contributed by atoms with Gasteiger partial charge in [-0.2, -0.15) is 0 Å². The molecule has 1 unspecified atom stereocenters. The van der Waals surface area contributed by atoms with Crippen LogP contribution in [0.3, 0.4) is 0 Å². The Morgan fingerprint density at radius 3 is 2.80 bits per heavy atom. The van der Waals surface area contributed by atoms with Crippen molar-refractivity contribution in [2.75, 3.05) is 13.7 Å². The molecule has 3 nitrogen and oxygen atoms in total. The Balaban J connectivity index is 1.77. The standard InChI is InChI=1S/C22H34O3/c1-7-22(5,23-6)13-8-9-17(2)12-14-24-19-11-10-18-16-21(3,4)25-20(18)15-19/h10-12,15H,7-9,13-14,16H2,1-6H3/b17-12+. The zero-order chi connectivity index (χ0) is 18.5. The fourth-order valence-corrected chi connectivity index (χ4v) is 3.20. The second-order valence-corrected chi connectivity index (χ2v) is 8.03. The molecule has 0 saturated carbocycles. The fourth-order valence-electron chi connectivity index (χ4n) is 3.20. The Morgan fingerprint density at radius 2 is 2.12 bits per heavy atom. The number of ether oxygens (including phenoxy) is 3. The summed E-state index contributed by atoms with van der Waals surface area (Å²) < 4.78 is 17.4. The first-order valence-corrected chi connectivity index (χ1v) is 9.42. The Labute approximate surface area is 153 Å². The molecule has 0 spiro atoms. The third-order valence-electron chi connectivity index (χ3n) is 5.24. The maximum absolute atomic E-state index is 5.96. The molecule has 1 aliphatic heterocycles. The molecule has 3 heteroatoms. The van der Waals surface area contributed by atoms with Crippen molar-refractivity contribution in [1.29, 1.82) is 0 Å². The smallest absolute Gasteiger partial charge is 0.127 e. The summed E-state index contributed by atoms with van der Waals surface area (Å²) in [5, 5.41) is 0. The van der Waals surface area contributed by atoms with Crippen LogP contribution in [0.4, 0.5) is 0 Å². The summed E-state index contributed by atoms with van der Waals surface area (Å²) in [4.78, 5) is 0. The Kier molecular flexibility index (Phi) is 6.56. The van der Waals surface area contributed by atoms with Gasteiger partial charge in [0.05, 0.1) is 5.60 Å². The van der Waals surface area contributed by atoms with E-state index >= 15 is 0 Å². The fraction of sp³-hybridized carbons (Fsp3) is 0.636. The monoisotopic (exact) mass is 346 g/mol. The van der Waals surface area contributed by atoms with E-state index in [1.807, 2.05) is 19.2 Å². The summed E-state index contributed by atoms with van der Waals surface area (Å²) in [6, 6.07) is 6.17. The Bertz CT molecular complexity index is 597. The minimum absolute atomic E-state index is 0.00890. The molecule has 0 aromatic heterocycles. The van der Waals surface area contributed by atoms with E-state index in [1.165, 1.54) is 11.1 Å². The van der Waals surface area contributed by atoms with Crippen molar-refractivity contribution in [3.05, 3.63) is 35.4 Å². The van der Waals surface area contributed by atoms with Crippen LogP contribution in [-0.4, -0.2) is 24.9 Å². The zero-order valence-corrected chi connectivity index (χ0v) is 16.8. The predicted molar refractivity (Wildman–Crippen MR) is 104 cm³/mol. The van der Waals surface area contributed by atoms with Gasteiger partial charge in [0, 0.05) is 19.6 Å². The van der Waals surface area contributed by atoms with E-state index in [2.05, 4.69) is 46.8 Å². The van der Waals surface area contributed by atoms with Gasteiger partial charge in [0.1, 0.15) is 23.7 Å². The van der Waals surface area contributed by atoms with Gasteiger partial charge in [-0.05, 0) is 71.1 Å². The first kappa shape index (κ1) is 19.8. The Morgan fingerprint density at radius 1 is 1.36 bits per heavy atom. The third-order valence-corrected chi connectivity index (χ3v) is 5.24. The maximum atomic E-state index is 5.96. The van der Waals surface area contributed by atoms with E-state index in [0.29, 0.717) is 6.61 Å². The second-order valence-electron chi connectivity index (χ2n) is 8.03. The highest BCUT2D eigenvalue weighted by atomic mass is 16.5. The molecule has 2 rings (SSSR count). The summed E-state index contributed by atoms with van der Waals surface area (Å²) in [6.07, 6.45) is 7.50. The molecule has 25 heavy (non-hydrogen) atoms. The largest absolute Gasteiger partial charge is 0.489 e. The first-order valence-electron chi connectivity index (χ1n) is 9.42. The third kappa shape index (κ3) is 5.78. The molecule has 1 aromatic rings. The molecule has 0 saturated heterocycles. The summed E-state index contributed by atoms with van der Waals surface area (Å²) in [5.74, 6) is 1.83. The predicted octanol–water partition coefficient (Wildman–Crippen LogP) is 5.71. The van der Waals surface area contributed by atoms with Crippen LogP contribution in [-0.2, 0) is 11.2 Å². The molecule has 0 N–H and O–H groups in total. The number of hydrogen-bond acceptors (Lipinski definition) is 3. The number of methoxy groups -OCH3 is 1. The van der Waals surface area contributed by atoms with Gasteiger partial charge in [0.25, 0.3) is 0 Å². The lowest BCUT2D eigenvalue weighted by Crippen LogP contribution is -2.25.